The van der Waals surface area contributed by atoms with Crippen molar-refractivity contribution in [3.05, 3.63) is 22.4 Å². The maximum Gasteiger partial charge on any atom is 0.329 e. The molecule has 0 bridgehead atoms. The fraction of sp³-hybridized carbons (Fsp3) is 0.667. The van der Waals surface area contributed by atoms with Crippen LogP contribution in [0, 0.1) is 5.92 Å². The molecule has 3 aliphatic carbocycles. The summed E-state index contributed by atoms with van der Waals surface area (Å²) in [5, 5.41) is 12.2. The number of rotatable bonds is 5. The molecular weight excluding hydrogens is 338 g/mol. The van der Waals surface area contributed by atoms with Gasteiger partial charge in [-0.25, -0.2) is 4.79 Å². The van der Waals surface area contributed by atoms with Crippen LogP contribution >= 0.6 is 11.9 Å². The van der Waals surface area contributed by atoms with Gasteiger partial charge in [0.1, 0.15) is 0 Å². The van der Waals surface area contributed by atoms with Crippen LogP contribution in [-0.2, 0) is 4.79 Å². The molecule has 4 aliphatic rings. The zero-order valence-electron chi connectivity index (χ0n) is 14.3. The van der Waals surface area contributed by atoms with Gasteiger partial charge in [0, 0.05) is 18.8 Å². The number of nitrogens with one attached hydrogen (secondary N) is 2. The number of hydrogen-bond acceptors (Lipinski definition) is 4. The Hall–Kier alpha value is -1.47. The summed E-state index contributed by atoms with van der Waals surface area (Å²) in [6, 6.07) is -0.143. The Morgan fingerprint density at radius 2 is 2.04 bits per heavy atom. The van der Waals surface area contributed by atoms with Gasteiger partial charge < -0.3 is 10.4 Å². The summed E-state index contributed by atoms with van der Waals surface area (Å²) >= 11 is 1.41. The number of fused-ring (bicyclic) bond motifs is 1. The number of carbonyl (C=O) groups is 2. The molecule has 2 amide bonds. The first-order valence-electron chi connectivity index (χ1n) is 9.21. The van der Waals surface area contributed by atoms with E-state index >= 15 is 0 Å². The molecule has 2 fully saturated rings. The molecule has 3 N–H and O–H groups in total. The molecule has 25 heavy (non-hydrogen) atoms. The lowest BCUT2D eigenvalue weighted by Gasteiger charge is -2.37. The molecule has 1 unspecified atom stereocenters. The standard InChI is InChI=1S/C18H25N3O3S/c22-16(23)10-21-8-13(9-21)25-20-18(24)19-17-14-5-1-3-11(14)7-12-4-2-6-15(12)17/h11,13H,1-10H2,(H,22,23)(H2,19,20,24). The molecule has 1 atom stereocenters. The van der Waals surface area contributed by atoms with Crippen LogP contribution in [0.1, 0.15) is 44.9 Å². The van der Waals surface area contributed by atoms with E-state index in [4.69, 9.17) is 5.11 Å². The van der Waals surface area contributed by atoms with E-state index in [0.29, 0.717) is 19.0 Å². The fourth-order valence-corrected chi connectivity index (χ4v) is 5.54. The minimum absolute atomic E-state index is 0.0812. The van der Waals surface area contributed by atoms with E-state index in [-0.39, 0.29) is 17.8 Å². The molecule has 0 spiro atoms. The Kier molecular flexibility index (Phi) is 4.78. The van der Waals surface area contributed by atoms with Crippen LogP contribution in [0.15, 0.2) is 22.4 Å². The topological polar surface area (TPSA) is 81.7 Å². The maximum absolute atomic E-state index is 12.4. The van der Waals surface area contributed by atoms with Gasteiger partial charge in [0.15, 0.2) is 0 Å². The van der Waals surface area contributed by atoms with Crippen molar-refractivity contribution < 1.29 is 14.7 Å². The average molecular weight is 363 g/mol. The van der Waals surface area contributed by atoms with Crippen LogP contribution in [0.25, 0.3) is 0 Å². The molecule has 0 radical (unpaired) electrons. The first-order valence-corrected chi connectivity index (χ1v) is 10.1. The van der Waals surface area contributed by atoms with Crippen molar-refractivity contribution in [1.82, 2.24) is 14.9 Å². The summed E-state index contributed by atoms with van der Waals surface area (Å²) in [6.45, 7) is 1.50. The van der Waals surface area contributed by atoms with Gasteiger partial charge >= 0.3 is 12.0 Å². The van der Waals surface area contributed by atoms with E-state index < -0.39 is 5.97 Å². The van der Waals surface area contributed by atoms with Crippen molar-refractivity contribution in [2.45, 2.75) is 50.2 Å². The number of carboxylic acids is 1. The highest BCUT2D eigenvalue weighted by molar-refractivity contribution is 7.98. The van der Waals surface area contributed by atoms with Gasteiger partial charge in [0.2, 0.25) is 0 Å². The lowest BCUT2D eigenvalue weighted by molar-refractivity contribution is -0.139. The van der Waals surface area contributed by atoms with Gasteiger partial charge in [0.05, 0.1) is 11.8 Å². The second-order valence-corrected chi connectivity index (χ2v) is 8.62. The van der Waals surface area contributed by atoms with Gasteiger partial charge in [-0.1, -0.05) is 5.57 Å². The lowest BCUT2D eigenvalue weighted by Crippen LogP contribution is -2.52. The van der Waals surface area contributed by atoms with Gasteiger partial charge in [-0.3, -0.25) is 14.4 Å². The SMILES string of the molecule is O=C(O)CN1CC(SNC(=O)NC2=C3CCCC3CC3=C2CCC3)C1. The molecule has 0 aromatic carbocycles. The third kappa shape index (κ3) is 3.58. The monoisotopic (exact) mass is 363 g/mol. The lowest BCUT2D eigenvalue weighted by atomic mass is 9.84. The number of hydrogen-bond donors (Lipinski definition) is 3. The minimum atomic E-state index is -0.799. The predicted octanol–water partition coefficient (Wildman–Crippen LogP) is 2.64. The molecule has 1 heterocycles. The average Bonchev–Trinajstić information content (AvgIpc) is 3.17. The first kappa shape index (κ1) is 17.0. The van der Waals surface area contributed by atoms with Crippen LogP contribution in [-0.4, -0.2) is 46.9 Å². The summed E-state index contributed by atoms with van der Waals surface area (Å²) in [5.41, 5.74) is 5.57. The zero-order valence-corrected chi connectivity index (χ0v) is 15.2. The number of amides is 2. The van der Waals surface area contributed by atoms with Crippen molar-refractivity contribution >= 4 is 23.9 Å². The Bertz CT molecular complexity index is 652. The molecular formula is C18H25N3O3S. The number of carbonyl (C=O) groups excluding carboxylic acids is 1. The molecule has 0 aromatic heterocycles. The second kappa shape index (κ2) is 7.03. The van der Waals surface area contributed by atoms with Crippen molar-refractivity contribution in [2.24, 2.45) is 5.92 Å². The van der Waals surface area contributed by atoms with Crippen LogP contribution in [0.4, 0.5) is 4.79 Å². The number of likely N-dealkylation sites (tertiary alicyclic amines) is 1. The van der Waals surface area contributed by atoms with E-state index in [2.05, 4.69) is 10.0 Å². The fourth-order valence-electron chi connectivity index (χ4n) is 4.65. The summed E-state index contributed by atoms with van der Waals surface area (Å²) in [4.78, 5) is 24.9. The van der Waals surface area contributed by atoms with E-state index in [0.717, 1.165) is 18.5 Å². The molecule has 136 valence electrons. The van der Waals surface area contributed by atoms with Crippen LogP contribution in [0.3, 0.4) is 0 Å². The van der Waals surface area contributed by atoms with E-state index in [1.54, 1.807) is 5.57 Å². The number of allylic oxidation sites excluding steroid dienone is 3. The van der Waals surface area contributed by atoms with E-state index in [1.165, 1.54) is 55.2 Å². The summed E-state index contributed by atoms with van der Waals surface area (Å²) in [5.74, 6) is -0.150. The van der Waals surface area contributed by atoms with Crippen LogP contribution in [0.5, 0.6) is 0 Å². The normalized spacial score (nSPS) is 26.3. The molecule has 6 nitrogen and oxygen atoms in total. The highest BCUT2D eigenvalue weighted by atomic mass is 32.2. The molecule has 1 aliphatic heterocycles. The number of carboxylic acid groups (broad SMARTS) is 1. The van der Waals surface area contributed by atoms with Crippen molar-refractivity contribution in [3.63, 3.8) is 0 Å². The van der Waals surface area contributed by atoms with Crippen LogP contribution < -0.4 is 10.0 Å². The number of aliphatic carboxylic acids is 1. The van der Waals surface area contributed by atoms with Gasteiger partial charge in [-0.15, -0.1) is 0 Å². The highest BCUT2D eigenvalue weighted by Crippen LogP contribution is 2.47. The molecule has 1 saturated carbocycles. The Morgan fingerprint density at radius 1 is 1.20 bits per heavy atom. The number of urea groups is 1. The Labute approximate surface area is 152 Å². The molecule has 0 aromatic rings. The smallest absolute Gasteiger partial charge is 0.329 e. The Morgan fingerprint density at radius 3 is 2.84 bits per heavy atom. The van der Waals surface area contributed by atoms with Crippen molar-refractivity contribution in [2.75, 3.05) is 19.6 Å². The Balaban J connectivity index is 1.31. The number of nitrogens with zero attached hydrogens (tertiary/aromatic N) is 1. The summed E-state index contributed by atoms with van der Waals surface area (Å²) < 4.78 is 2.90. The largest absolute Gasteiger partial charge is 0.480 e. The van der Waals surface area contributed by atoms with Crippen molar-refractivity contribution in [3.8, 4) is 0 Å². The van der Waals surface area contributed by atoms with Gasteiger partial charge in [-0.2, -0.15) is 0 Å². The first-order chi connectivity index (χ1) is 12.1. The summed E-state index contributed by atoms with van der Waals surface area (Å²) in [7, 11) is 0. The zero-order chi connectivity index (χ0) is 17.4. The highest BCUT2D eigenvalue weighted by Gasteiger charge is 2.35. The minimum Gasteiger partial charge on any atom is -0.480 e. The van der Waals surface area contributed by atoms with Gasteiger partial charge in [0.25, 0.3) is 0 Å². The van der Waals surface area contributed by atoms with Crippen LogP contribution in [0.2, 0.25) is 0 Å². The second-order valence-electron chi connectivity index (χ2n) is 7.51. The van der Waals surface area contributed by atoms with Crippen molar-refractivity contribution in [1.29, 1.82) is 0 Å². The third-order valence-electron chi connectivity index (χ3n) is 5.78. The van der Waals surface area contributed by atoms with Gasteiger partial charge in [-0.05, 0) is 74.0 Å². The summed E-state index contributed by atoms with van der Waals surface area (Å²) in [6.07, 6.45) is 8.35. The van der Waals surface area contributed by atoms with E-state index in [1.807, 2.05) is 4.90 Å². The maximum atomic E-state index is 12.4. The third-order valence-corrected chi connectivity index (χ3v) is 6.71. The molecule has 4 rings (SSSR count). The predicted molar refractivity (Wildman–Crippen MR) is 97.0 cm³/mol. The van der Waals surface area contributed by atoms with E-state index in [9.17, 15) is 9.59 Å². The quantitative estimate of drug-likeness (QED) is 0.654. The molecule has 1 saturated heterocycles. The molecule has 7 heteroatoms.